The number of aryl methyl sites for hydroxylation is 2. The van der Waals surface area contributed by atoms with Crippen molar-refractivity contribution in [3.8, 4) is 17.4 Å². The van der Waals surface area contributed by atoms with Crippen LogP contribution >= 0.6 is 0 Å². The molecule has 0 aliphatic rings. The van der Waals surface area contributed by atoms with E-state index in [-0.39, 0.29) is 11.9 Å². The van der Waals surface area contributed by atoms with Crippen LogP contribution in [0, 0.1) is 20.8 Å². The van der Waals surface area contributed by atoms with Gasteiger partial charge in [0.1, 0.15) is 5.75 Å². The topological polar surface area (TPSA) is 69.0 Å². The van der Waals surface area contributed by atoms with Crippen LogP contribution in [0.15, 0.2) is 73.1 Å². The highest BCUT2D eigenvalue weighted by atomic mass is 16.5. The number of hydrogen-bond acceptors (Lipinski definition) is 4. The van der Waals surface area contributed by atoms with Crippen LogP contribution in [0.25, 0.3) is 5.69 Å². The number of nitrogens with zero attached hydrogens (tertiary/aromatic N) is 3. The molecule has 2 aromatic carbocycles. The largest absolute Gasteiger partial charge is 0.424 e. The second-order valence-corrected chi connectivity index (χ2v) is 7.07. The van der Waals surface area contributed by atoms with Crippen LogP contribution in [0.1, 0.15) is 27.3 Å². The molecule has 0 spiro atoms. The summed E-state index contributed by atoms with van der Waals surface area (Å²) in [6, 6.07) is 19.3. The van der Waals surface area contributed by atoms with Gasteiger partial charge in [-0.2, -0.15) is 0 Å². The molecule has 0 atom stereocenters. The van der Waals surface area contributed by atoms with Crippen LogP contribution < -0.4 is 10.1 Å². The Hall–Kier alpha value is -3.93. The first kappa shape index (κ1) is 19.4. The molecule has 2 heterocycles. The van der Waals surface area contributed by atoms with Gasteiger partial charge in [0.05, 0.1) is 5.56 Å². The monoisotopic (exact) mass is 398 g/mol. The van der Waals surface area contributed by atoms with Crippen LogP contribution in [0.4, 0.5) is 5.69 Å². The van der Waals surface area contributed by atoms with E-state index in [9.17, 15) is 4.79 Å². The molecule has 0 aliphatic heterocycles. The Morgan fingerprint density at radius 3 is 2.37 bits per heavy atom. The summed E-state index contributed by atoms with van der Waals surface area (Å²) in [4.78, 5) is 21.0. The van der Waals surface area contributed by atoms with E-state index in [1.807, 2.05) is 32.0 Å². The average molecular weight is 398 g/mol. The van der Waals surface area contributed by atoms with Crippen LogP contribution in [0.3, 0.4) is 0 Å². The Morgan fingerprint density at radius 2 is 1.67 bits per heavy atom. The highest BCUT2D eigenvalue weighted by Gasteiger charge is 2.17. The van der Waals surface area contributed by atoms with E-state index in [4.69, 9.17) is 4.74 Å². The number of carbonyl (C=O) groups is 1. The number of amides is 1. The van der Waals surface area contributed by atoms with Crippen molar-refractivity contribution in [2.75, 3.05) is 5.32 Å². The second kappa shape index (κ2) is 8.21. The van der Waals surface area contributed by atoms with Crippen molar-refractivity contribution in [1.29, 1.82) is 0 Å². The molecule has 0 radical (unpaired) electrons. The molecule has 1 N–H and O–H groups in total. The Labute approximate surface area is 175 Å². The lowest BCUT2D eigenvalue weighted by Crippen LogP contribution is -2.13. The van der Waals surface area contributed by atoms with Crippen LogP contribution in [0.2, 0.25) is 0 Å². The minimum Gasteiger partial charge on any atom is -0.424 e. The van der Waals surface area contributed by atoms with Crippen molar-refractivity contribution in [3.05, 3.63) is 95.6 Å². The summed E-state index contributed by atoms with van der Waals surface area (Å²) in [5.41, 5.74) is 5.46. The lowest BCUT2D eigenvalue weighted by atomic mass is 10.2. The Bertz CT molecular complexity index is 1180. The van der Waals surface area contributed by atoms with E-state index < -0.39 is 0 Å². The van der Waals surface area contributed by atoms with Gasteiger partial charge in [-0.3, -0.25) is 4.79 Å². The van der Waals surface area contributed by atoms with Crippen molar-refractivity contribution in [3.63, 3.8) is 0 Å². The van der Waals surface area contributed by atoms with E-state index in [2.05, 4.69) is 38.9 Å². The molecule has 0 fully saturated rings. The number of benzene rings is 2. The van der Waals surface area contributed by atoms with E-state index in [1.54, 1.807) is 42.7 Å². The maximum absolute atomic E-state index is 12.9. The summed E-state index contributed by atoms with van der Waals surface area (Å²) < 4.78 is 7.68. The van der Waals surface area contributed by atoms with Gasteiger partial charge in [0.15, 0.2) is 0 Å². The third-order valence-corrected chi connectivity index (χ3v) is 4.80. The third-order valence-electron chi connectivity index (χ3n) is 4.80. The van der Waals surface area contributed by atoms with Crippen molar-refractivity contribution in [2.45, 2.75) is 20.8 Å². The molecule has 150 valence electrons. The van der Waals surface area contributed by atoms with Crippen LogP contribution in [-0.4, -0.2) is 20.4 Å². The number of ether oxygens (including phenoxy) is 1. The second-order valence-electron chi connectivity index (χ2n) is 7.07. The SMILES string of the molecule is Cc1cccc(-n2c(C)cc(C(=O)Nc3ccc(Oc4ncccn4)cc3)c2C)c1. The maximum atomic E-state index is 12.9. The van der Waals surface area contributed by atoms with Gasteiger partial charge in [0.25, 0.3) is 5.91 Å². The summed E-state index contributed by atoms with van der Waals surface area (Å²) in [6.45, 7) is 6.02. The molecule has 6 heteroatoms. The van der Waals surface area contributed by atoms with Crippen molar-refractivity contribution in [1.82, 2.24) is 14.5 Å². The molecule has 0 saturated carbocycles. The molecule has 2 aromatic heterocycles. The van der Waals surface area contributed by atoms with Gasteiger partial charge in [-0.05, 0) is 74.9 Å². The molecule has 0 unspecified atom stereocenters. The minimum absolute atomic E-state index is 0.151. The lowest BCUT2D eigenvalue weighted by Gasteiger charge is -2.11. The summed E-state index contributed by atoms with van der Waals surface area (Å²) >= 11 is 0. The van der Waals surface area contributed by atoms with Crippen LogP contribution in [0.5, 0.6) is 11.8 Å². The zero-order valence-electron chi connectivity index (χ0n) is 17.1. The zero-order valence-corrected chi connectivity index (χ0v) is 17.1. The Morgan fingerprint density at radius 1 is 0.933 bits per heavy atom. The molecular weight excluding hydrogens is 376 g/mol. The van der Waals surface area contributed by atoms with Crippen molar-refractivity contribution in [2.24, 2.45) is 0 Å². The first-order valence-corrected chi connectivity index (χ1v) is 9.63. The predicted molar refractivity (Wildman–Crippen MR) is 116 cm³/mol. The highest BCUT2D eigenvalue weighted by Crippen LogP contribution is 2.24. The zero-order chi connectivity index (χ0) is 21.1. The fourth-order valence-corrected chi connectivity index (χ4v) is 3.41. The van der Waals surface area contributed by atoms with Crippen molar-refractivity contribution >= 4 is 11.6 Å². The molecule has 4 aromatic rings. The smallest absolute Gasteiger partial charge is 0.321 e. The van der Waals surface area contributed by atoms with Crippen LogP contribution in [-0.2, 0) is 0 Å². The number of nitrogens with one attached hydrogen (secondary N) is 1. The maximum Gasteiger partial charge on any atom is 0.321 e. The summed E-state index contributed by atoms with van der Waals surface area (Å²) in [5, 5.41) is 2.95. The first-order chi connectivity index (χ1) is 14.5. The van der Waals surface area contributed by atoms with Gasteiger partial charge in [-0.25, -0.2) is 9.97 Å². The summed E-state index contributed by atoms with van der Waals surface area (Å²) in [7, 11) is 0. The molecule has 1 amide bonds. The Kier molecular flexibility index (Phi) is 5.30. The quantitative estimate of drug-likeness (QED) is 0.499. The molecule has 0 saturated heterocycles. The number of carbonyl (C=O) groups excluding carboxylic acids is 1. The van der Waals surface area contributed by atoms with E-state index in [0.717, 1.165) is 17.1 Å². The molecular formula is C24H22N4O2. The van der Waals surface area contributed by atoms with E-state index in [1.165, 1.54) is 5.56 Å². The van der Waals surface area contributed by atoms with Gasteiger partial charge in [-0.15, -0.1) is 0 Å². The summed E-state index contributed by atoms with van der Waals surface area (Å²) in [6.07, 6.45) is 3.23. The standard InChI is InChI=1S/C24H22N4O2/c1-16-6-4-7-20(14-16)28-17(2)15-22(18(28)3)23(29)27-19-8-10-21(11-9-19)30-24-25-12-5-13-26-24/h4-15H,1-3H3,(H,27,29). The fraction of sp³-hybridized carbons (Fsp3) is 0.125. The fourth-order valence-electron chi connectivity index (χ4n) is 3.41. The lowest BCUT2D eigenvalue weighted by molar-refractivity contribution is 0.102. The van der Waals surface area contributed by atoms with E-state index >= 15 is 0 Å². The average Bonchev–Trinajstić information content (AvgIpc) is 3.04. The Balaban J connectivity index is 1.51. The molecule has 4 rings (SSSR count). The number of aromatic nitrogens is 3. The number of rotatable bonds is 5. The number of hydrogen-bond donors (Lipinski definition) is 1. The third kappa shape index (κ3) is 4.07. The van der Waals surface area contributed by atoms with Gasteiger partial charge in [0.2, 0.25) is 0 Å². The highest BCUT2D eigenvalue weighted by molar-refractivity contribution is 6.05. The molecule has 0 aliphatic carbocycles. The predicted octanol–water partition coefficient (Wildman–Crippen LogP) is 5.24. The van der Waals surface area contributed by atoms with Crippen molar-refractivity contribution < 1.29 is 9.53 Å². The first-order valence-electron chi connectivity index (χ1n) is 9.63. The van der Waals surface area contributed by atoms with Gasteiger partial charge < -0.3 is 14.6 Å². The van der Waals surface area contributed by atoms with E-state index in [0.29, 0.717) is 17.0 Å². The molecule has 30 heavy (non-hydrogen) atoms. The minimum atomic E-state index is -0.151. The summed E-state index contributed by atoms with van der Waals surface area (Å²) in [5.74, 6) is 0.443. The van der Waals surface area contributed by atoms with Gasteiger partial charge in [0, 0.05) is 35.2 Å². The number of anilines is 1. The molecule has 6 nitrogen and oxygen atoms in total. The van der Waals surface area contributed by atoms with Gasteiger partial charge in [-0.1, -0.05) is 12.1 Å². The molecule has 0 bridgehead atoms. The normalized spacial score (nSPS) is 10.6. The van der Waals surface area contributed by atoms with Gasteiger partial charge >= 0.3 is 6.01 Å².